The smallest absolute Gasteiger partial charge is 0.264 e. The highest BCUT2D eigenvalue weighted by molar-refractivity contribution is 8.04. The lowest BCUT2D eigenvalue weighted by Crippen LogP contribution is -2.41. The van der Waals surface area contributed by atoms with Gasteiger partial charge in [0.1, 0.15) is 0 Å². The zero-order valence-electron chi connectivity index (χ0n) is 20.2. The fourth-order valence-electron chi connectivity index (χ4n) is 4.52. The molecule has 0 spiro atoms. The van der Waals surface area contributed by atoms with E-state index in [-0.39, 0.29) is 17.9 Å². The van der Waals surface area contributed by atoms with Gasteiger partial charge in [-0.05, 0) is 67.7 Å². The number of carbonyl (C=O) groups is 2. The van der Waals surface area contributed by atoms with E-state index in [0.29, 0.717) is 34.5 Å². The van der Waals surface area contributed by atoms with Crippen LogP contribution in [0.2, 0.25) is 0 Å². The number of methoxy groups -OCH3 is 1. The Morgan fingerprint density at radius 3 is 2.71 bits per heavy atom. The van der Waals surface area contributed by atoms with Crippen molar-refractivity contribution in [3.05, 3.63) is 52.4 Å². The van der Waals surface area contributed by atoms with Crippen molar-refractivity contribution in [1.29, 1.82) is 0 Å². The van der Waals surface area contributed by atoms with Crippen LogP contribution in [0.3, 0.4) is 0 Å². The van der Waals surface area contributed by atoms with Crippen LogP contribution in [0.25, 0.3) is 6.08 Å². The van der Waals surface area contributed by atoms with E-state index in [1.165, 1.54) is 18.2 Å². The van der Waals surface area contributed by atoms with Gasteiger partial charge in [-0.15, -0.1) is 0 Å². The van der Waals surface area contributed by atoms with Crippen molar-refractivity contribution < 1.29 is 19.1 Å². The zero-order valence-corrected chi connectivity index (χ0v) is 21.0. The summed E-state index contributed by atoms with van der Waals surface area (Å²) in [5.74, 6) is 1.61. The monoisotopic (exact) mass is 480 g/mol. The van der Waals surface area contributed by atoms with Crippen LogP contribution in [0.15, 0.2) is 46.2 Å². The van der Waals surface area contributed by atoms with Gasteiger partial charge in [-0.1, -0.05) is 37.6 Å². The summed E-state index contributed by atoms with van der Waals surface area (Å²) in [5, 5.41) is 3.20. The summed E-state index contributed by atoms with van der Waals surface area (Å²) in [4.78, 5) is 29.2. The lowest BCUT2D eigenvalue weighted by atomic mass is 9.86. The van der Waals surface area contributed by atoms with E-state index in [1.807, 2.05) is 49.4 Å². The number of thioether (sulfide) groups is 1. The van der Waals surface area contributed by atoms with Crippen LogP contribution in [0.1, 0.15) is 55.5 Å². The Balaban J connectivity index is 1.55. The largest absolute Gasteiger partial charge is 0.493 e. The van der Waals surface area contributed by atoms with Crippen LogP contribution in [-0.2, 0) is 4.79 Å². The zero-order chi connectivity index (χ0) is 24.2. The molecule has 0 bridgehead atoms. The first kappa shape index (κ1) is 24.2. The molecule has 7 heteroatoms. The van der Waals surface area contributed by atoms with Gasteiger partial charge in [0.05, 0.1) is 24.3 Å². The van der Waals surface area contributed by atoms with Crippen LogP contribution in [-0.4, -0.2) is 38.6 Å². The highest BCUT2D eigenvalue weighted by Gasteiger charge is 2.28. The molecule has 1 saturated carbocycles. The number of ether oxygens (including phenoxy) is 2. The highest BCUT2D eigenvalue weighted by atomic mass is 32.2. The maximum atomic E-state index is 13.1. The molecular formula is C27H32N2O4S. The minimum absolute atomic E-state index is 0.0739. The Hall–Kier alpha value is -2.93. The van der Waals surface area contributed by atoms with Crippen molar-refractivity contribution in [2.24, 2.45) is 5.92 Å². The molecular weight excluding hydrogens is 448 g/mol. The van der Waals surface area contributed by atoms with Crippen LogP contribution in [0.5, 0.6) is 11.5 Å². The van der Waals surface area contributed by atoms with E-state index in [2.05, 4.69) is 12.2 Å². The first-order valence-electron chi connectivity index (χ1n) is 11.8. The maximum absolute atomic E-state index is 13.1. The second-order valence-electron chi connectivity index (χ2n) is 8.84. The first-order valence-corrected chi connectivity index (χ1v) is 12.7. The molecule has 1 fully saturated rings. The molecule has 2 unspecified atom stereocenters. The van der Waals surface area contributed by atoms with Gasteiger partial charge in [0, 0.05) is 23.5 Å². The van der Waals surface area contributed by atoms with Gasteiger partial charge >= 0.3 is 0 Å². The van der Waals surface area contributed by atoms with Gasteiger partial charge in [-0.3, -0.25) is 9.59 Å². The number of hydrogen-bond acceptors (Lipinski definition) is 5. The van der Waals surface area contributed by atoms with Crippen molar-refractivity contribution in [2.75, 3.05) is 25.7 Å². The molecule has 2 aromatic rings. The molecule has 2 aromatic carbocycles. The molecule has 34 heavy (non-hydrogen) atoms. The summed E-state index contributed by atoms with van der Waals surface area (Å²) in [5.41, 5.74) is 2.19. The summed E-state index contributed by atoms with van der Waals surface area (Å²) < 4.78 is 11.0. The van der Waals surface area contributed by atoms with Crippen molar-refractivity contribution in [2.45, 2.75) is 50.5 Å². The number of benzene rings is 2. The molecule has 180 valence electrons. The van der Waals surface area contributed by atoms with Crippen LogP contribution in [0, 0.1) is 5.92 Å². The molecule has 1 heterocycles. The Kier molecular flexibility index (Phi) is 7.51. The topological polar surface area (TPSA) is 67.9 Å². The number of hydrogen-bond donors (Lipinski definition) is 1. The third kappa shape index (κ3) is 5.09. The molecule has 0 radical (unpaired) electrons. The van der Waals surface area contributed by atoms with Crippen LogP contribution < -0.4 is 19.7 Å². The van der Waals surface area contributed by atoms with Gasteiger partial charge in [-0.2, -0.15) is 0 Å². The van der Waals surface area contributed by atoms with Crippen molar-refractivity contribution in [1.82, 2.24) is 5.32 Å². The fourth-order valence-corrected chi connectivity index (χ4v) is 5.61. The minimum atomic E-state index is -0.108. The second-order valence-corrected chi connectivity index (χ2v) is 9.93. The molecule has 4 rings (SSSR count). The maximum Gasteiger partial charge on any atom is 0.264 e. The average Bonchev–Trinajstić information content (AvgIpc) is 2.84. The predicted octanol–water partition coefficient (Wildman–Crippen LogP) is 5.51. The predicted molar refractivity (Wildman–Crippen MR) is 137 cm³/mol. The fraction of sp³-hybridized carbons (Fsp3) is 0.407. The lowest BCUT2D eigenvalue weighted by Gasteiger charge is -2.30. The number of nitrogens with zero attached hydrogens (tertiary/aromatic N) is 1. The summed E-state index contributed by atoms with van der Waals surface area (Å²) in [7, 11) is 3.35. The van der Waals surface area contributed by atoms with E-state index in [0.717, 1.165) is 35.4 Å². The highest BCUT2D eigenvalue weighted by Crippen LogP contribution is 2.42. The second kappa shape index (κ2) is 10.6. The lowest BCUT2D eigenvalue weighted by molar-refractivity contribution is -0.114. The van der Waals surface area contributed by atoms with E-state index >= 15 is 0 Å². The number of rotatable bonds is 6. The van der Waals surface area contributed by atoms with Crippen LogP contribution >= 0.6 is 11.8 Å². The number of amides is 2. The quantitative estimate of drug-likeness (QED) is 0.552. The number of nitrogens with one attached hydrogen (secondary N) is 1. The Morgan fingerprint density at radius 1 is 1.18 bits per heavy atom. The molecule has 0 aromatic heterocycles. The van der Waals surface area contributed by atoms with Gasteiger partial charge in [0.2, 0.25) is 0 Å². The molecule has 2 atom stereocenters. The van der Waals surface area contributed by atoms with Crippen molar-refractivity contribution >= 4 is 35.3 Å². The van der Waals surface area contributed by atoms with Gasteiger partial charge in [-0.25, -0.2) is 0 Å². The minimum Gasteiger partial charge on any atom is -0.493 e. The molecule has 1 aliphatic carbocycles. The number of likely N-dealkylation sites (N-methyl/N-ethyl adjacent to an activating group) is 1. The van der Waals surface area contributed by atoms with Crippen molar-refractivity contribution in [3.63, 3.8) is 0 Å². The molecule has 2 aliphatic rings. The first-order chi connectivity index (χ1) is 16.4. The number of fused-ring (bicyclic) bond motifs is 1. The van der Waals surface area contributed by atoms with Gasteiger partial charge < -0.3 is 19.7 Å². The molecule has 1 N–H and O–H groups in total. The standard InChI is InChI=1S/C27H32N2O4S/c1-5-33-22-12-10-18(14-23(22)32-4)15-25-27(31)29(3)21-16-19(11-13-24(21)34-25)26(30)28-20-9-7-6-8-17(20)2/h10-17,20H,5-9H2,1-4H3,(H,28,30)/b25-15+. The third-order valence-electron chi connectivity index (χ3n) is 6.53. The Bertz CT molecular complexity index is 1110. The molecule has 0 saturated heterocycles. The normalized spacial score (nSPS) is 21.2. The third-order valence-corrected chi connectivity index (χ3v) is 7.61. The number of carbonyl (C=O) groups excluding carboxylic acids is 2. The van der Waals surface area contributed by atoms with E-state index < -0.39 is 0 Å². The van der Waals surface area contributed by atoms with Crippen molar-refractivity contribution in [3.8, 4) is 11.5 Å². The van der Waals surface area contributed by atoms with E-state index in [1.54, 1.807) is 19.1 Å². The average molecular weight is 481 g/mol. The van der Waals surface area contributed by atoms with Crippen LogP contribution in [0.4, 0.5) is 5.69 Å². The van der Waals surface area contributed by atoms with E-state index in [9.17, 15) is 9.59 Å². The van der Waals surface area contributed by atoms with E-state index in [4.69, 9.17) is 9.47 Å². The van der Waals surface area contributed by atoms with Gasteiger partial charge in [0.15, 0.2) is 11.5 Å². The Morgan fingerprint density at radius 2 is 1.97 bits per heavy atom. The Labute approximate surface area is 205 Å². The number of anilines is 1. The summed E-state index contributed by atoms with van der Waals surface area (Å²) in [6, 6.07) is 11.4. The summed E-state index contributed by atoms with van der Waals surface area (Å²) in [6.07, 6.45) is 6.42. The summed E-state index contributed by atoms with van der Waals surface area (Å²) >= 11 is 1.41. The SMILES string of the molecule is CCOc1ccc(/C=C2/Sc3ccc(C(=O)NC4CCCCC4C)cc3N(C)C2=O)cc1OC. The van der Waals surface area contributed by atoms with Gasteiger partial charge in [0.25, 0.3) is 11.8 Å². The molecule has 6 nitrogen and oxygen atoms in total. The summed E-state index contributed by atoms with van der Waals surface area (Å²) in [6.45, 7) is 4.67. The molecule has 1 aliphatic heterocycles. The molecule has 2 amide bonds.